The summed E-state index contributed by atoms with van der Waals surface area (Å²) in [5.74, 6) is -6.02. The highest BCUT2D eigenvalue weighted by atomic mass is 19.1. The average molecular weight is 1010 g/mol. The highest BCUT2D eigenvalue weighted by Crippen LogP contribution is 2.26. The number of carbonyl (C=O) groups excluding carboxylic acids is 3. The van der Waals surface area contributed by atoms with E-state index in [4.69, 9.17) is 9.84 Å². The minimum Gasteiger partial charge on any atom is -0.478 e. The molecule has 0 unspecified atom stereocenters. The van der Waals surface area contributed by atoms with E-state index in [-0.39, 0.29) is 68.4 Å². The summed E-state index contributed by atoms with van der Waals surface area (Å²) in [7, 11) is 2.26. The summed E-state index contributed by atoms with van der Waals surface area (Å²) in [6.45, 7) is 13.3. The van der Waals surface area contributed by atoms with Crippen LogP contribution >= 0.6 is 0 Å². The molecule has 73 heavy (non-hydrogen) atoms. The van der Waals surface area contributed by atoms with Crippen LogP contribution < -0.4 is 10.9 Å². The molecule has 1 aliphatic rings. The summed E-state index contributed by atoms with van der Waals surface area (Å²) >= 11 is 0. The minimum atomic E-state index is -1.26. The molecule has 3 N–H and O–H groups in total. The Kier molecular flexibility index (Phi) is 22.6. The molecule has 5 aromatic carbocycles. The number of hydrogen-bond acceptors (Lipinski definition) is 8. The zero-order chi connectivity index (χ0) is 53.8. The quantitative estimate of drug-likeness (QED) is 0.0634. The monoisotopic (exact) mass is 1010 g/mol. The number of halogens is 5. The standard InChI is InChI=1S/C42H43F3N6O5.C10H9FO2.C2H6.CH3F/c1-3-27-7-6-8-29(21-27)30-24-35(44)39(36(45)25-30)41(54)46-13-19-56-20-18-49(2)26-38(52)50-14-16-51(17-15-50)42(55)33-22-28(11-12-34(33)43)23-37-31-9-4-5-10-32(31)40(53)48-47-37;1-6(2)7-3-4-8(10(12)13)9(11)5-7;2*1-2/h4-12,21-22,24-25H,3,13-20,23,26H2,1-2H3,(H,46,54)(H,48,53);3-5H,1H2,2H3,(H,12,13);1-2H3;1H3. The molecule has 0 aliphatic carbocycles. The Balaban J connectivity index is 0.000000583. The Morgan fingerprint density at radius 3 is 2.05 bits per heavy atom. The second-order valence-electron chi connectivity index (χ2n) is 16.5. The first-order chi connectivity index (χ1) is 35.0. The normalized spacial score (nSPS) is 11.9. The Morgan fingerprint density at radius 1 is 0.767 bits per heavy atom. The van der Waals surface area contributed by atoms with E-state index >= 15 is 0 Å². The lowest BCUT2D eigenvalue weighted by atomic mass is 10.00. The van der Waals surface area contributed by atoms with Crippen molar-refractivity contribution in [1.29, 1.82) is 0 Å². The zero-order valence-electron chi connectivity index (χ0n) is 41.8. The van der Waals surface area contributed by atoms with Crippen LogP contribution in [0.5, 0.6) is 0 Å². The Labute approximate surface area is 421 Å². The maximum Gasteiger partial charge on any atom is 0.338 e. The van der Waals surface area contributed by atoms with Crippen molar-refractivity contribution in [3.8, 4) is 11.1 Å². The van der Waals surface area contributed by atoms with Crippen molar-refractivity contribution >= 4 is 40.0 Å². The van der Waals surface area contributed by atoms with Gasteiger partial charge in [-0.3, -0.25) is 28.5 Å². The van der Waals surface area contributed by atoms with Gasteiger partial charge < -0.3 is 25.0 Å². The summed E-state index contributed by atoms with van der Waals surface area (Å²) in [5.41, 5.74) is 3.26. The fourth-order valence-corrected chi connectivity index (χ4v) is 7.61. The first kappa shape index (κ1) is 58.0. The smallest absolute Gasteiger partial charge is 0.338 e. The summed E-state index contributed by atoms with van der Waals surface area (Å²) in [6, 6.07) is 25.0. The molecule has 2 heterocycles. The van der Waals surface area contributed by atoms with E-state index < -0.39 is 46.6 Å². The molecule has 1 aliphatic heterocycles. The zero-order valence-corrected chi connectivity index (χ0v) is 41.8. The third-order valence-electron chi connectivity index (χ3n) is 11.5. The summed E-state index contributed by atoms with van der Waals surface area (Å²) in [6.07, 6.45) is 1.06. The molecule has 1 fully saturated rings. The number of ether oxygens (including phenoxy) is 1. The molecule has 0 radical (unpaired) electrons. The number of aryl methyl sites for hydroxylation is 1. The van der Waals surface area contributed by atoms with Crippen molar-refractivity contribution in [1.82, 2.24) is 30.2 Å². The molecule has 388 valence electrons. The fourth-order valence-electron chi connectivity index (χ4n) is 7.61. The van der Waals surface area contributed by atoms with Crippen LogP contribution in [0.25, 0.3) is 27.5 Å². The van der Waals surface area contributed by atoms with Gasteiger partial charge in [-0.1, -0.05) is 87.5 Å². The van der Waals surface area contributed by atoms with Gasteiger partial charge in [-0.2, -0.15) is 5.10 Å². The second kappa shape index (κ2) is 28.5. The predicted octanol–water partition coefficient (Wildman–Crippen LogP) is 8.99. The lowest BCUT2D eigenvalue weighted by Gasteiger charge is -2.35. The third-order valence-corrected chi connectivity index (χ3v) is 11.5. The molecule has 0 saturated carbocycles. The second-order valence-corrected chi connectivity index (χ2v) is 16.5. The number of rotatable bonds is 16. The number of nitrogens with zero attached hydrogens (tertiary/aromatic N) is 4. The number of allylic oxidation sites excluding steroid dienone is 1. The van der Waals surface area contributed by atoms with Crippen LogP contribution in [0.2, 0.25) is 0 Å². The maximum atomic E-state index is 14.9. The van der Waals surface area contributed by atoms with Crippen molar-refractivity contribution in [3.05, 3.63) is 176 Å². The maximum absolute atomic E-state index is 14.9. The summed E-state index contributed by atoms with van der Waals surface area (Å²) < 4.78 is 72.7. The van der Waals surface area contributed by atoms with Gasteiger partial charge in [-0.05, 0) is 90.7 Å². The van der Waals surface area contributed by atoms with Gasteiger partial charge in [0.15, 0.2) is 0 Å². The van der Waals surface area contributed by atoms with Crippen LogP contribution in [0.1, 0.15) is 81.2 Å². The van der Waals surface area contributed by atoms with Crippen molar-refractivity contribution in [3.63, 3.8) is 0 Å². The number of hydrogen-bond donors (Lipinski definition) is 3. The molecule has 13 nitrogen and oxygen atoms in total. The van der Waals surface area contributed by atoms with Crippen LogP contribution in [-0.2, 0) is 22.4 Å². The summed E-state index contributed by atoms with van der Waals surface area (Å²) in [4.78, 5) is 66.5. The highest BCUT2D eigenvalue weighted by molar-refractivity contribution is 5.96. The predicted molar refractivity (Wildman–Crippen MR) is 272 cm³/mol. The number of amides is 3. The minimum absolute atomic E-state index is 0.0291. The van der Waals surface area contributed by atoms with Gasteiger partial charge in [0.1, 0.15) is 28.8 Å². The Hall–Kier alpha value is -7.57. The van der Waals surface area contributed by atoms with Gasteiger partial charge in [0.05, 0.1) is 49.1 Å². The van der Waals surface area contributed by atoms with E-state index in [0.29, 0.717) is 71.1 Å². The van der Waals surface area contributed by atoms with Gasteiger partial charge in [0.2, 0.25) is 5.91 Å². The van der Waals surface area contributed by atoms with E-state index in [2.05, 4.69) is 22.1 Å². The average Bonchev–Trinajstić information content (AvgIpc) is 3.39. The van der Waals surface area contributed by atoms with E-state index in [9.17, 15) is 45.9 Å². The first-order valence-corrected chi connectivity index (χ1v) is 23.6. The number of H-pyrrole nitrogens is 1. The highest BCUT2D eigenvalue weighted by Gasteiger charge is 2.27. The molecule has 0 atom stereocenters. The Morgan fingerprint density at radius 2 is 1.42 bits per heavy atom. The lowest BCUT2D eigenvalue weighted by Crippen LogP contribution is -2.52. The molecule has 0 spiro atoms. The number of aromatic nitrogens is 2. The number of carboxylic acid groups (broad SMARTS) is 1. The SMILES string of the molecule is C=C(C)c1ccc(C(=O)O)c(F)c1.CC.CCc1cccc(-c2cc(F)c(C(=O)NCCOCCN(C)CC(=O)N3CCN(C(=O)c4cc(Cc5n[nH]c(=O)c6ccccc56)ccc4F)CC3)c(F)c2)c1.CF. The molecule has 1 saturated heterocycles. The van der Waals surface area contributed by atoms with Gasteiger partial charge in [-0.15, -0.1) is 0 Å². The molecule has 1 aromatic heterocycles. The Bertz CT molecular complexity index is 2920. The number of aromatic carboxylic acids is 1. The molecular weight excluding hydrogens is 952 g/mol. The number of alkyl halides is 1. The molecule has 18 heteroatoms. The number of nitrogens with one attached hydrogen (secondary N) is 2. The molecule has 0 bridgehead atoms. The number of benzene rings is 5. The van der Waals surface area contributed by atoms with Crippen molar-refractivity contribution < 1.29 is 51.0 Å². The van der Waals surface area contributed by atoms with Gasteiger partial charge in [-0.25, -0.2) is 27.5 Å². The van der Waals surface area contributed by atoms with Gasteiger partial charge in [0.25, 0.3) is 17.4 Å². The van der Waals surface area contributed by atoms with Crippen molar-refractivity contribution in [2.75, 3.05) is 73.3 Å². The number of carboxylic acids is 1. The number of piperazine rings is 1. The number of fused-ring (bicyclic) bond motifs is 1. The van der Waals surface area contributed by atoms with E-state index in [1.165, 1.54) is 35.2 Å². The van der Waals surface area contributed by atoms with E-state index in [0.717, 1.165) is 24.1 Å². The molecule has 3 amide bonds. The molecule has 7 rings (SSSR count). The van der Waals surface area contributed by atoms with Crippen LogP contribution in [0.3, 0.4) is 0 Å². The molecule has 6 aromatic rings. The number of likely N-dealkylation sites (N-methyl/N-ethyl adjacent to an activating group) is 1. The summed E-state index contributed by atoms with van der Waals surface area (Å²) in [5, 5.41) is 18.9. The topological polar surface area (TPSA) is 165 Å². The fraction of sp³-hybridized carbons (Fsp3) is 0.309. The largest absolute Gasteiger partial charge is 0.478 e. The lowest BCUT2D eigenvalue weighted by molar-refractivity contribution is -0.133. The van der Waals surface area contributed by atoms with E-state index in [1.807, 2.05) is 39.0 Å². The molecular formula is C55H61F5N6O7. The van der Waals surface area contributed by atoms with E-state index in [1.54, 1.807) is 60.2 Å². The van der Waals surface area contributed by atoms with Crippen LogP contribution in [-0.4, -0.2) is 127 Å². The third kappa shape index (κ3) is 16.0. The van der Waals surface area contributed by atoms with Crippen LogP contribution in [0, 0.1) is 23.3 Å². The van der Waals surface area contributed by atoms with Crippen LogP contribution in [0.15, 0.2) is 108 Å². The van der Waals surface area contributed by atoms with Gasteiger partial charge in [0, 0.05) is 51.1 Å². The first-order valence-electron chi connectivity index (χ1n) is 23.6. The van der Waals surface area contributed by atoms with Crippen LogP contribution in [0.4, 0.5) is 22.0 Å². The van der Waals surface area contributed by atoms with Crippen molar-refractivity contribution in [2.45, 2.75) is 40.5 Å². The van der Waals surface area contributed by atoms with Gasteiger partial charge >= 0.3 is 5.97 Å². The number of aromatic amines is 1. The number of carbonyl (C=O) groups is 4. The van der Waals surface area contributed by atoms with Crippen molar-refractivity contribution in [2.24, 2.45) is 0 Å².